The second-order valence-electron chi connectivity index (χ2n) is 5.42. The first-order valence-corrected chi connectivity index (χ1v) is 7.28. The number of aromatic nitrogens is 1. The Morgan fingerprint density at radius 1 is 1.48 bits per heavy atom. The zero-order chi connectivity index (χ0) is 15.2. The summed E-state index contributed by atoms with van der Waals surface area (Å²) in [5.41, 5.74) is 6.78. The molecule has 7 heteroatoms. The number of nitrogens with two attached hydrogens (primary N) is 1. The van der Waals surface area contributed by atoms with Gasteiger partial charge in [0.25, 0.3) is 0 Å². The maximum Gasteiger partial charge on any atom is 0.239 e. The summed E-state index contributed by atoms with van der Waals surface area (Å²) in [4.78, 5) is 16.3. The second kappa shape index (κ2) is 7.53. The first kappa shape index (κ1) is 15.9. The number of piperazine rings is 1. The van der Waals surface area contributed by atoms with E-state index in [1.165, 1.54) is 0 Å². The molecule has 0 saturated carbocycles. The number of carbonyl (C=O) groups excluding carboxylic acids is 1. The van der Waals surface area contributed by atoms with Gasteiger partial charge in [-0.3, -0.25) is 9.69 Å². The minimum Gasteiger partial charge on any atom is -0.385 e. The van der Waals surface area contributed by atoms with Crippen LogP contribution >= 0.6 is 0 Å². The van der Waals surface area contributed by atoms with Crippen LogP contribution in [-0.2, 0) is 16.1 Å². The van der Waals surface area contributed by atoms with Crippen molar-refractivity contribution in [1.29, 1.82) is 0 Å². The third kappa shape index (κ3) is 4.52. The highest BCUT2D eigenvalue weighted by Gasteiger charge is 2.25. The van der Waals surface area contributed by atoms with Gasteiger partial charge in [-0.05, 0) is 13.3 Å². The first-order valence-electron chi connectivity index (χ1n) is 7.28. The molecule has 118 valence electrons. The van der Waals surface area contributed by atoms with E-state index in [4.69, 9.17) is 15.0 Å². The summed E-state index contributed by atoms with van der Waals surface area (Å²) in [6, 6.07) is 1.48. The van der Waals surface area contributed by atoms with E-state index in [1.54, 1.807) is 7.11 Å². The molecule has 2 rings (SSSR count). The molecule has 7 nitrogen and oxygen atoms in total. The number of hydrogen-bond donors (Lipinski definition) is 1. The Bertz CT molecular complexity index is 455. The standard InChI is InChI=1S/C14H24N4O3/c1-11-9-12(21-16-11)10-17-4-6-18(7-5-17)14(19)13(15)3-8-20-2/h9,13H,3-8,10,15H2,1-2H3. The third-order valence-corrected chi connectivity index (χ3v) is 3.69. The second-order valence-corrected chi connectivity index (χ2v) is 5.42. The summed E-state index contributed by atoms with van der Waals surface area (Å²) in [5.74, 6) is 0.881. The molecule has 21 heavy (non-hydrogen) atoms. The molecule has 1 fully saturated rings. The molecule has 0 aliphatic carbocycles. The van der Waals surface area contributed by atoms with Crippen molar-refractivity contribution in [2.75, 3.05) is 39.9 Å². The fraction of sp³-hybridized carbons (Fsp3) is 0.714. The van der Waals surface area contributed by atoms with Gasteiger partial charge >= 0.3 is 0 Å². The average molecular weight is 296 g/mol. The Hall–Kier alpha value is -1.44. The molecule has 1 aromatic rings. The fourth-order valence-electron chi connectivity index (χ4n) is 2.44. The molecule has 1 aromatic heterocycles. The zero-order valence-electron chi connectivity index (χ0n) is 12.7. The van der Waals surface area contributed by atoms with Crippen LogP contribution in [-0.4, -0.2) is 66.8 Å². The Kier molecular flexibility index (Phi) is 5.72. The van der Waals surface area contributed by atoms with Gasteiger partial charge in [-0.2, -0.15) is 0 Å². The molecule has 1 aliphatic rings. The van der Waals surface area contributed by atoms with Gasteiger partial charge in [0.2, 0.25) is 5.91 Å². The lowest BCUT2D eigenvalue weighted by atomic mass is 10.2. The quantitative estimate of drug-likeness (QED) is 0.795. The summed E-state index contributed by atoms with van der Waals surface area (Å²) >= 11 is 0. The van der Waals surface area contributed by atoms with Crippen LogP contribution in [0.2, 0.25) is 0 Å². The van der Waals surface area contributed by atoms with Crippen LogP contribution in [0, 0.1) is 6.92 Å². The number of hydrogen-bond acceptors (Lipinski definition) is 6. The zero-order valence-corrected chi connectivity index (χ0v) is 12.7. The maximum atomic E-state index is 12.2. The van der Waals surface area contributed by atoms with Gasteiger partial charge in [-0.1, -0.05) is 5.16 Å². The minimum atomic E-state index is -0.464. The Morgan fingerprint density at radius 2 is 2.19 bits per heavy atom. The van der Waals surface area contributed by atoms with Gasteiger partial charge in [0.15, 0.2) is 5.76 Å². The number of amides is 1. The number of nitrogens with zero attached hydrogens (tertiary/aromatic N) is 3. The van der Waals surface area contributed by atoms with Crippen LogP contribution in [0.25, 0.3) is 0 Å². The molecular formula is C14H24N4O3. The van der Waals surface area contributed by atoms with Crippen LogP contribution in [0.4, 0.5) is 0 Å². The highest BCUT2D eigenvalue weighted by atomic mass is 16.5. The van der Waals surface area contributed by atoms with Gasteiger partial charge < -0.3 is 19.9 Å². The van der Waals surface area contributed by atoms with Crippen molar-refractivity contribution in [3.63, 3.8) is 0 Å². The van der Waals surface area contributed by atoms with Crippen molar-refractivity contribution < 1.29 is 14.1 Å². The molecule has 0 bridgehead atoms. The molecule has 0 spiro atoms. The van der Waals surface area contributed by atoms with E-state index < -0.39 is 6.04 Å². The number of ether oxygens (including phenoxy) is 1. The fourth-order valence-corrected chi connectivity index (χ4v) is 2.44. The van der Waals surface area contributed by atoms with E-state index in [2.05, 4.69) is 10.1 Å². The van der Waals surface area contributed by atoms with Gasteiger partial charge in [0, 0.05) is 46.0 Å². The molecule has 1 aliphatic heterocycles. The lowest BCUT2D eigenvalue weighted by Gasteiger charge is -2.35. The van der Waals surface area contributed by atoms with Gasteiger partial charge in [-0.25, -0.2) is 0 Å². The maximum absolute atomic E-state index is 12.2. The summed E-state index contributed by atoms with van der Waals surface area (Å²) in [6.45, 7) is 6.20. The van der Waals surface area contributed by atoms with E-state index in [-0.39, 0.29) is 5.91 Å². The number of rotatable bonds is 6. The first-order chi connectivity index (χ1) is 10.1. The van der Waals surface area contributed by atoms with Crippen LogP contribution < -0.4 is 5.73 Å². The van der Waals surface area contributed by atoms with Crippen LogP contribution in [0.1, 0.15) is 17.9 Å². The molecule has 0 aromatic carbocycles. The van der Waals surface area contributed by atoms with Gasteiger partial charge in [0.1, 0.15) is 0 Å². The highest BCUT2D eigenvalue weighted by Crippen LogP contribution is 2.10. The predicted octanol–water partition coefficient (Wildman–Crippen LogP) is -0.00898. The lowest BCUT2D eigenvalue weighted by Crippen LogP contribution is -2.53. The van der Waals surface area contributed by atoms with Crippen LogP contribution in [0.5, 0.6) is 0 Å². The largest absolute Gasteiger partial charge is 0.385 e. The molecule has 2 N–H and O–H groups in total. The van der Waals surface area contributed by atoms with Crippen molar-refractivity contribution in [1.82, 2.24) is 15.0 Å². The van der Waals surface area contributed by atoms with E-state index in [1.807, 2.05) is 17.9 Å². The van der Waals surface area contributed by atoms with Gasteiger partial charge in [0.05, 0.1) is 18.3 Å². The molecule has 1 saturated heterocycles. The topological polar surface area (TPSA) is 84.8 Å². The Morgan fingerprint density at radius 3 is 2.76 bits per heavy atom. The van der Waals surface area contributed by atoms with Crippen LogP contribution in [0.3, 0.4) is 0 Å². The third-order valence-electron chi connectivity index (χ3n) is 3.69. The Labute approximate surface area is 125 Å². The monoisotopic (exact) mass is 296 g/mol. The van der Waals surface area contributed by atoms with E-state index in [0.717, 1.165) is 31.1 Å². The molecule has 1 atom stereocenters. The van der Waals surface area contributed by atoms with Crippen LogP contribution in [0.15, 0.2) is 10.6 Å². The number of aryl methyl sites for hydroxylation is 1. The highest BCUT2D eigenvalue weighted by molar-refractivity contribution is 5.81. The van der Waals surface area contributed by atoms with E-state index >= 15 is 0 Å². The summed E-state index contributed by atoms with van der Waals surface area (Å²) in [7, 11) is 1.61. The lowest BCUT2D eigenvalue weighted by molar-refractivity contribution is -0.134. The summed E-state index contributed by atoms with van der Waals surface area (Å²) < 4.78 is 10.2. The van der Waals surface area contributed by atoms with E-state index in [0.29, 0.717) is 26.1 Å². The molecular weight excluding hydrogens is 272 g/mol. The minimum absolute atomic E-state index is 0.0159. The normalized spacial score (nSPS) is 18.0. The molecule has 0 radical (unpaired) electrons. The summed E-state index contributed by atoms with van der Waals surface area (Å²) in [5, 5.41) is 3.88. The van der Waals surface area contributed by atoms with Crippen molar-refractivity contribution in [3.05, 3.63) is 17.5 Å². The molecule has 1 unspecified atom stereocenters. The number of methoxy groups -OCH3 is 1. The smallest absolute Gasteiger partial charge is 0.239 e. The Balaban J connectivity index is 1.76. The molecule has 1 amide bonds. The van der Waals surface area contributed by atoms with Crippen molar-refractivity contribution in [3.8, 4) is 0 Å². The van der Waals surface area contributed by atoms with Crippen molar-refractivity contribution in [2.45, 2.75) is 25.9 Å². The van der Waals surface area contributed by atoms with Crippen molar-refractivity contribution in [2.24, 2.45) is 5.73 Å². The van der Waals surface area contributed by atoms with Gasteiger partial charge in [-0.15, -0.1) is 0 Å². The molecule has 2 heterocycles. The van der Waals surface area contributed by atoms with Crippen molar-refractivity contribution >= 4 is 5.91 Å². The SMILES string of the molecule is COCCC(N)C(=O)N1CCN(Cc2cc(C)no2)CC1. The predicted molar refractivity (Wildman–Crippen MR) is 77.6 cm³/mol. The van der Waals surface area contributed by atoms with E-state index in [9.17, 15) is 4.79 Å². The summed E-state index contributed by atoms with van der Waals surface area (Å²) in [6.07, 6.45) is 0.562. The average Bonchev–Trinajstić information content (AvgIpc) is 2.90. The number of carbonyl (C=O) groups is 1.